The fourth-order valence-electron chi connectivity index (χ4n) is 4.73. The maximum atomic E-state index is 12.2. The Bertz CT molecular complexity index is 1380. The lowest BCUT2D eigenvalue weighted by atomic mass is 9.92. The van der Waals surface area contributed by atoms with Crippen LogP contribution < -0.4 is 5.32 Å². The normalized spacial score (nSPS) is 17.7. The van der Waals surface area contributed by atoms with Gasteiger partial charge in [0.2, 0.25) is 5.91 Å². The number of likely N-dealkylation sites (tertiary alicyclic amines) is 1. The summed E-state index contributed by atoms with van der Waals surface area (Å²) in [5.74, 6) is 1.51. The molecule has 0 radical (unpaired) electrons. The van der Waals surface area contributed by atoms with Crippen molar-refractivity contribution in [2.24, 2.45) is 7.05 Å². The van der Waals surface area contributed by atoms with Gasteiger partial charge < -0.3 is 10.2 Å². The van der Waals surface area contributed by atoms with Gasteiger partial charge in [0, 0.05) is 67.9 Å². The standard InChI is InChI=1S/C27H30N8O/c1-17-8-9-21(16-35(17)19(3)36)27-32-24(25-15-28-10-11-29-25)13-26(33-27)31-22-7-5-6-20(12-22)23-14-30-34(4)18(23)2/h5-7,10-15,17,21H,8-9,16H2,1-4H3,(H,31,32,33)/t17-,21+/m0/s1. The Kier molecular flexibility index (Phi) is 6.45. The first-order chi connectivity index (χ1) is 17.4. The average molecular weight is 483 g/mol. The second-order valence-corrected chi connectivity index (χ2v) is 9.36. The van der Waals surface area contributed by atoms with E-state index in [4.69, 9.17) is 9.97 Å². The fourth-order valence-corrected chi connectivity index (χ4v) is 4.73. The van der Waals surface area contributed by atoms with Gasteiger partial charge in [0.05, 0.1) is 18.1 Å². The highest BCUT2D eigenvalue weighted by Gasteiger charge is 2.30. The Hall–Kier alpha value is -4.14. The third-order valence-corrected chi connectivity index (χ3v) is 6.90. The third-order valence-electron chi connectivity index (χ3n) is 6.90. The number of anilines is 2. The summed E-state index contributed by atoms with van der Waals surface area (Å²) in [6.45, 7) is 6.38. The number of nitrogens with one attached hydrogen (secondary N) is 1. The number of benzene rings is 1. The van der Waals surface area contributed by atoms with Crippen molar-refractivity contribution in [1.29, 1.82) is 0 Å². The van der Waals surface area contributed by atoms with Gasteiger partial charge in [-0.2, -0.15) is 5.10 Å². The summed E-state index contributed by atoms with van der Waals surface area (Å²) in [7, 11) is 1.94. The molecule has 1 amide bonds. The Morgan fingerprint density at radius 1 is 1.08 bits per heavy atom. The SMILES string of the molecule is CC(=O)N1C[C@H](c2nc(Nc3cccc(-c4cnn(C)c4C)c3)cc(-c3cnccn3)n2)CC[C@@H]1C. The zero-order valence-corrected chi connectivity index (χ0v) is 21.0. The van der Waals surface area contributed by atoms with Crippen LogP contribution in [0.1, 0.15) is 44.1 Å². The van der Waals surface area contributed by atoms with Gasteiger partial charge in [0.25, 0.3) is 0 Å². The number of carbonyl (C=O) groups is 1. The molecule has 1 saturated heterocycles. The molecule has 2 atom stereocenters. The largest absolute Gasteiger partial charge is 0.340 e. The van der Waals surface area contributed by atoms with Gasteiger partial charge in [-0.15, -0.1) is 0 Å². The summed E-state index contributed by atoms with van der Waals surface area (Å²) in [4.78, 5) is 32.5. The number of amides is 1. The number of rotatable bonds is 5. The molecule has 0 bridgehead atoms. The van der Waals surface area contributed by atoms with Crippen molar-refractivity contribution in [2.45, 2.75) is 45.6 Å². The van der Waals surface area contributed by atoms with Gasteiger partial charge in [-0.25, -0.2) is 9.97 Å². The quantitative estimate of drug-likeness (QED) is 0.447. The molecule has 0 spiro atoms. The van der Waals surface area contributed by atoms with E-state index in [0.717, 1.165) is 35.3 Å². The van der Waals surface area contributed by atoms with Crippen molar-refractivity contribution < 1.29 is 4.79 Å². The number of piperidine rings is 1. The lowest BCUT2D eigenvalue weighted by molar-refractivity contribution is -0.132. The van der Waals surface area contributed by atoms with Crippen LogP contribution >= 0.6 is 0 Å². The van der Waals surface area contributed by atoms with E-state index in [9.17, 15) is 4.79 Å². The highest BCUT2D eigenvalue weighted by atomic mass is 16.2. The van der Waals surface area contributed by atoms with Gasteiger partial charge in [0.15, 0.2) is 0 Å². The maximum Gasteiger partial charge on any atom is 0.219 e. The molecule has 1 N–H and O–H groups in total. The van der Waals surface area contributed by atoms with Crippen LogP contribution in [0.5, 0.6) is 0 Å². The number of carbonyl (C=O) groups excluding carboxylic acids is 1. The predicted molar refractivity (Wildman–Crippen MR) is 139 cm³/mol. The van der Waals surface area contributed by atoms with Crippen molar-refractivity contribution in [3.63, 3.8) is 0 Å². The van der Waals surface area contributed by atoms with E-state index < -0.39 is 0 Å². The van der Waals surface area contributed by atoms with Crippen LogP contribution in [0.4, 0.5) is 11.5 Å². The molecule has 4 aromatic rings. The minimum absolute atomic E-state index is 0.0478. The second kappa shape index (κ2) is 9.85. The van der Waals surface area contributed by atoms with Crippen molar-refractivity contribution in [2.75, 3.05) is 11.9 Å². The molecular formula is C27H30N8O. The van der Waals surface area contributed by atoms with Crippen LogP contribution in [-0.2, 0) is 11.8 Å². The molecule has 0 aliphatic carbocycles. The average Bonchev–Trinajstić information content (AvgIpc) is 3.22. The smallest absolute Gasteiger partial charge is 0.219 e. The lowest BCUT2D eigenvalue weighted by Crippen LogP contribution is -2.44. The summed E-state index contributed by atoms with van der Waals surface area (Å²) in [6.07, 6.45) is 8.72. The Labute approximate surface area is 210 Å². The Balaban J connectivity index is 1.50. The lowest BCUT2D eigenvalue weighted by Gasteiger charge is -2.37. The predicted octanol–water partition coefficient (Wildman–Crippen LogP) is 4.50. The van der Waals surface area contributed by atoms with Gasteiger partial charge in [-0.05, 0) is 44.4 Å². The van der Waals surface area contributed by atoms with Crippen LogP contribution in [0.25, 0.3) is 22.5 Å². The van der Waals surface area contributed by atoms with Crippen molar-refractivity contribution in [3.8, 4) is 22.5 Å². The fraction of sp³-hybridized carbons (Fsp3) is 0.333. The topological polar surface area (TPSA) is 102 Å². The monoisotopic (exact) mass is 482 g/mol. The van der Waals surface area contributed by atoms with E-state index >= 15 is 0 Å². The first-order valence-electron chi connectivity index (χ1n) is 12.2. The molecule has 9 nitrogen and oxygen atoms in total. The molecule has 36 heavy (non-hydrogen) atoms. The summed E-state index contributed by atoms with van der Waals surface area (Å²) in [5.41, 5.74) is 5.55. The molecule has 1 fully saturated rings. The summed E-state index contributed by atoms with van der Waals surface area (Å²) in [5, 5.41) is 7.84. The highest BCUT2D eigenvalue weighted by molar-refractivity contribution is 5.74. The first-order valence-corrected chi connectivity index (χ1v) is 12.2. The van der Waals surface area contributed by atoms with E-state index in [1.165, 1.54) is 0 Å². The Morgan fingerprint density at radius 2 is 1.94 bits per heavy atom. The zero-order chi connectivity index (χ0) is 25.2. The molecule has 0 saturated carbocycles. The van der Waals surface area contributed by atoms with Gasteiger partial charge in [-0.3, -0.25) is 19.4 Å². The van der Waals surface area contributed by atoms with E-state index in [1.54, 1.807) is 25.5 Å². The van der Waals surface area contributed by atoms with Crippen molar-refractivity contribution in [3.05, 3.63) is 66.6 Å². The van der Waals surface area contributed by atoms with Crippen LogP contribution in [-0.4, -0.2) is 53.1 Å². The summed E-state index contributed by atoms with van der Waals surface area (Å²) < 4.78 is 1.87. The number of hydrogen-bond donors (Lipinski definition) is 1. The van der Waals surface area contributed by atoms with Crippen molar-refractivity contribution >= 4 is 17.4 Å². The van der Waals surface area contributed by atoms with E-state index in [1.807, 2.05) is 41.0 Å². The van der Waals surface area contributed by atoms with Crippen LogP contribution in [0.15, 0.2) is 55.1 Å². The Morgan fingerprint density at radius 3 is 2.67 bits per heavy atom. The van der Waals surface area contributed by atoms with Crippen molar-refractivity contribution in [1.82, 2.24) is 34.6 Å². The van der Waals surface area contributed by atoms with E-state index in [0.29, 0.717) is 29.6 Å². The molecule has 5 rings (SSSR count). The van der Waals surface area contributed by atoms with E-state index in [-0.39, 0.29) is 17.9 Å². The molecule has 4 heterocycles. The highest BCUT2D eigenvalue weighted by Crippen LogP contribution is 2.32. The van der Waals surface area contributed by atoms with Gasteiger partial charge in [0.1, 0.15) is 17.3 Å². The molecule has 0 unspecified atom stereocenters. The number of nitrogens with zero attached hydrogens (tertiary/aromatic N) is 7. The summed E-state index contributed by atoms with van der Waals surface area (Å²) >= 11 is 0. The minimum Gasteiger partial charge on any atom is -0.340 e. The summed E-state index contributed by atoms with van der Waals surface area (Å²) in [6, 6.07) is 10.3. The molecule has 9 heteroatoms. The van der Waals surface area contributed by atoms with Gasteiger partial charge >= 0.3 is 0 Å². The second-order valence-electron chi connectivity index (χ2n) is 9.36. The molecular weight excluding hydrogens is 452 g/mol. The number of aryl methyl sites for hydroxylation is 1. The zero-order valence-electron chi connectivity index (χ0n) is 21.0. The van der Waals surface area contributed by atoms with Gasteiger partial charge in [-0.1, -0.05) is 12.1 Å². The minimum atomic E-state index is 0.0478. The molecule has 1 aromatic carbocycles. The molecule has 3 aromatic heterocycles. The maximum absolute atomic E-state index is 12.2. The van der Waals surface area contributed by atoms with Crippen LogP contribution in [0.3, 0.4) is 0 Å². The van der Waals surface area contributed by atoms with Crippen LogP contribution in [0.2, 0.25) is 0 Å². The first kappa shape index (κ1) is 23.6. The number of aromatic nitrogens is 6. The number of hydrogen-bond acceptors (Lipinski definition) is 7. The molecule has 184 valence electrons. The van der Waals surface area contributed by atoms with E-state index in [2.05, 4.69) is 46.4 Å². The third kappa shape index (κ3) is 4.82. The molecule has 1 aliphatic heterocycles. The molecule has 1 aliphatic rings. The van der Waals surface area contributed by atoms with Crippen LogP contribution in [0, 0.1) is 6.92 Å².